The number of hydrogen-bond acceptors (Lipinski definition) is 1. The summed E-state index contributed by atoms with van der Waals surface area (Å²) in [4.78, 5) is 0. The van der Waals surface area contributed by atoms with Crippen LogP contribution in [0.15, 0.2) is 198 Å². The molecule has 0 fully saturated rings. The lowest BCUT2D eigenvalue weighted by atomic mass is 9.85. The second-order valence-corrected chi connectivity index (χ2v) is 12.4. The van der Waals surface area contributed by atoms with Gasteiger partial charge in [0, 0.05) is 10.8 Å². The van der Waals surface area contributed by atoms with E-state index in [0.717, 1.165) is 11.1 Å². The molecule has 0 saturated heterocycles. The molecule has 246 valence electrons. The summed E-state index contributed by atoms with van der Waals surface area (Å²) < 4.78 is 199. The van der Waals surface area contributed by atoms with E-state index in [1.165, 1.54) is 0 Å². The Morgan fingerprint density at radius 3 is 1.57 bits per heavy atom. The van der Waals surface area contributed by atoms with Crippen LogP contribution in [0.5, 0.6) is 0 Å². The van der Waals surface area contributed by atoms with Crippen LogP contribution in [0.25, 0.3) is 110 Å². The maximum absolute atomic E-state index is 10.1. The molecule has 0 aliphatic carbocycles. The van der Waals surface area contributed by atoms with Crippen LogP contribution in [-0.2, 0) is 0 Å². The van der Waals surface area contributed by atoms with Crippen molar-refractivity contribution in [1.29, 1.82) is 0 Å². The predicted octanol–water partition coefficient (Wildman–Crippen LogP) is 14.9. The highest BCUT2D eigenvalue weighted by atomic mass is 16.3. The van der Waals surface area contributed by atoms with Crippen LogP contribution in [0.2, 0.25) is 0 Å². The van der Waals surface area contributed by atoms with Crippen molar-refractivity contribution in [2.24, 2.45) is 0 Å². The van der Waals surface area contributed by atoms with Crippen LogP contribution in [0.4, 0.5) is 0 Å². The summed E-state index contributed by atoms with van der Waals surface area (Å²) in [6.45, 7) is 0. The Morgan fingerprint density at radius 2 is 0.887 bits per heavy atom. The minimum absolute atomic E-state index is 0.147. The topological polar surface area (TPSA) is 13.1 Å². The van der Waals surface area contributed by atoms with E-state index in [4.69, 9.17) is 19.5 Å². The predicted molar refractivity (Wildman–Crippen MR) is 225 cm³/mol. The van der Waals surface area contributed by atoms with Crippen molar-refractivity contribution in [3.05, 3.63) is 194 Å². The molecule has 0 bridgehead atoms. The molecule has 1 heterocycles. The maximum atomic E-state index is 10.1. The van der Waals surface area contributed by atoms with Gasteiger partial charge >= 0.3 is 0 Å². The van der Waals surface area contributed by atoms with Gasteiger partial charge in [-0.15, -0.1) is 0 Å². The lowest BCUT2D eigenvalue weighted by molar-refractivity contribution is 0.669. The van der Waals surface area contributed by atoms with Gasteiger partial charge in [-0.3, -0.25) is 0 Å². The standard InChI is InChI=1S/C52H32O/c1-2-11-33(12-3-1)37-25-27-49-47(30-37)48-31-38(26-28-50(48)53-49)41-20-10-15-35-22-24-40(32-46(35)41)52-44-18-8-6-16-42(44)51(43-17-7-9-19-45(43)52)39-23-21-34-13-4-5-14-36(34)29-39/h1-32H/i4D,5D,6D,7D,8D,9D,10D,13D,14D,15D,16D,17D,18D,19D,20D,21D,22D,23D,24D,29D,32D. The van der Waals surface area contributed by atoms with Gasteiger partial charge in [0.2, 0.25) is 0 Å². The highest BCUT2D eigenvalue weighted by molar-refractivity contribution is 6.22. The fraction of sp³-hybridized carbons (Fsp3) is 0. The Bertz CT molecular complexity index is 4350. The van der Waals surface area contributed by atoms with E-state index in [9.17, 15) is 13.7 Å². The number of fused-ring (bicyclic) bond motifs is 7. The SMILES string of the molecule is [2H]c1c([2H])c([2H])c2c([2H])c(-c3c4c([2H])c([2H])c([2H])c([2H])c4c(-c4c([2H])c([2H])c5c([2H])c([2H])c([2H])c(-c6ccc7oc8ccc(-c9ccccc9)cc8c7c6)c5c4[2H])c4c([2H])c([2H])c([2H])c([2H])c34)c([2H])c([2H])c2c1[2H]. The minimum Gasteiger partial charge on any atom is -0.456 e. The third kappa shape index (κ3) is 4.79. The quantitative estimate of drug-likeness (QED) is 0.167. The van der Waals surface area contributed by atoms with Crippen LogP contribution in [0, 0.1) is 0 Å². The van der Waals surface area contributed by atoms with E-state index in [-0.39, 0.29) is 16.5 Å². The third-order valence-corrected chi connectivity index (χ3v) is 9.43. The summed E-state index contributed by atoms with van der Waals surface area (Å²) in [5.74, 6) is 0. The Morgan fingerprint density at radius 1 is 0.340 bits per heavy atom. The maximum Gasteiger partial charge on any atom is 0.135 e. The molecular weight excluding hydrogens is 641 g/mol. The molecule has 0 radical (unpaired) electrons. The first-order chi connectivity index (χ1) is 35.0. The normalized spacial score (nSPS) is 17.3. The van der Waals surface area contributed by atoms with Gasteiger partial charge in [0.25, 0.3) is 0 Å². The molecule has 10 aromatic carbocycles. The summed E-state index contributed by atoms with van der Waals surface area (Å²) in [5, 5.41) is -3.04. The van der Waals surface area contributed by atoms with Crippen molar-refractivity contribution in [1.82, 2.24) is 0 Å². The number of hydrogen-bond donors (Lipinski definition) is 0. The van der Waals surface area contributed by atoms with Crippen molar-refractivity contribution >= 4 is 65.0 Å². The van der Waals surface area contributed by atoms with Gasteiger partial charge in [0.05, 0.1) is 28.8 Å². The molecule has 0 unspecified atom stereocenters. The van der Waals surface area contributed by atoms with Crippen molar-refractivity contribution in [2.45, 2.75) is 0 Å². The van der Waals surface area contributed by atoms with Gasteiger partial charge in [0.15, 0.2) is 0 Å². The molecule has 1 nitrogen and oxygen atoms in total. The average Bonchev–Trinajstić information content (AvgIpc) is 3.76. The fourth-order valence-electron chi connectivity index (χ4n) is 7.02. The molecule has 0 N–H and O–H groups in total. The van der Waals surface area contributed by atoms with Gasteiger partial charge in [-0.25, -0.2) is 0 Å². The summed E-state index contributed by atoms with van der Waals surface area (Å²) in [5.41, 5.74) is 0.275. The first kappa shape index (κ1) is 15.7. The highest BCUT2D eigenvalue weighted by Crippen LogP contribution is 2.45. The smallest absolute Gasteiger partial charge is 0.135 e. The molecule has 0 saturated carbocycles. The van der Waals surface area contributed by atoms with Crippen LogP contribution >= 0.6 is 0 Å². The van der Waals surface area contributed by atoms with E-state index < -0.39 is 187 Å². The average molecular weight is 694 g/mol. The number of benzene rings is 10. The molecule has 11 aromatic rings. The lowest BCUT2D eigenvalue weighted by Gasteiger charge is -2.18. The molecule has 0 aliphatic heterocycles. The van der Waals surface area contributed by atoms with Crippen molar-refractivity contribution in [3.63, 3.8) is 0 Å². The van der Waals surface area contributed by atoms with E-state index in [2.05, 4.69) is 0 Å². The Hall–Kier alpha value is -6.96. The summed E-state index contributed by atoms with van der Waals surface area (Å²) >= 11 is 0. The second kappa shape index (κ2) is 11.8. The number of furan rings is 1. The number of rotatable bonds is 4. The van der Waals surface area contributed by atoms with Crippen LogP contribution in [0.1, 0.15) is 28.8 Å². The molecule has 0 aliphatic rings. The van der Waals surface area contributed by atoms with Crippen LogP contribution in [-0.4, -0.2) is 0 Å². The zero-order valence-electron chi connectivity index (χ0n) is 48.3. The first-order valence-electron chi connectivity index (χ1n) is 27.0. The Kier molecular flexibility index (Phi) is 3.50. The van der Waals surface area contributed by atoms with E-state index >= 15 is 0 Å². The highest BCUT2D eigenvalue weighted by Gasteiger charge is 2.18. The summed E-state index contributed by atoms with van der Waals surface area (Å²) in [7, 11) is 0. The van der Waals surface area contributed by atoms with Crippen LogP contribution < -0.4 is 0 Å². The molecule has 53 heavy (non-hydrogen) atoms. The Labute approximate surface area is 336 Å². The lowest BCUT2D eigenvalue weighted by Crippen LogP contribution is -1.91. The zero-order valence-corrected chi connectivity index (χ0v) is 27.3. The molecule has 1 heteroatoms. The van der Waals surface area contributed by atoms with Crippen LogP contribution in [0.3, 0.4) is 0 Å². The summed E-state index contributed by atoms with van der Waals surface area (Å²) in [6.07, 6.45) is 0. The van der Waals surface area contributed by atoms with Crippen molar-refractivity contribution < 1.29 is 33.2 Å². The molecule has 1 aromatic heterocycles. The first-order valence-corrected chi connectivity index (χ1v) is 16.5. The minimum atomic E-state index is -0.903. The van der Waals surface area contributed by atoms with Gasteiger partial charge in [-0.05, 0) is 124 Å². The van der Waals surface area contributed by atoms with E-state index in [1.807, 2.05) is 48.5 Å². The van der Waals surface area contributed by atoms with E-state index in [0.29, 0.717) is 21.9 Å². The van der Waals surface area contributed by atoms with Gasteiger partial charge in [0.1, 0.15) is 11.2 Å². The molecule has 0 spiro atoms. The fourth-order valence-corrected chi connectivity index (χ4v) is 7.02. The molecule has 11 rings (SSSR count). The molecular formula is C52H32O. The van der Waals surface area contributed by atoms with Crippen molar-refractivity contribution in [3.8, 4) is 44.5 Å². The second-order valence-electron chi connectivity index (χ2n) is 12.4. The van der Waals surface area contributed by atoms with E-state index in [1.54, 1.807) is 18.2 Å². The van der Waals surface area contributed by atoms with Crippen molar-refractivity contribution in [2.75, 3.05) is 0 Å². The zero-order chi connectivity index (χ0) is 53.2. The molecule has 0 amide bonds. The molecule has 0 atom stereocenters. The van der Waals surface area contributed by atoms with Gasteiger partial charge in [-0.2, -0.15) is 0 Å². The Balaban J connectivity index is 1.35. The largest absolute Gasteiger partial charge is 0.456 e. The summed E-state index contributed by atoms with van der Waals surface area (Å²) in [6, 6.07) is 2.91. The third-order valence-electron chi connectivity index (χ3n) is 9.43. The van der Waals surface area contributed by atoms with Gasteiger partial charge < -0.3 is 4.42 Å². The monoisotopic (exact) mass is 693 g/mol. The van der Waals surface area contributed by atoms with Gasteiger partial charge in [-0.1, -0.05) is 157 Å².